The number of rotatable bonds is 4. The van der Waals surface area contributed by atoms with Crippen LogP contribution in [0, 0.1) is 0 Å². The number of hydrogen-bond acceptors (Lipinski definition) is 4. The number of nitrogens with zero attached hydrogens (tertiary/aromatic N) is 1. The minimum Gasteiger partial charge on any atom is -0.484 e. The van der Waals surface area contributed by atoms with Gasteiger partial charge in [-0.05, 0) is 12.1 Å². The Bertz CT molecular complexity index is 749. The fourth-order valence-corrected chi connectivity index (χ4v) is 2.43. The molecule has 0 bridgehead atoms. The molecule has 0 unspecified atom stereocenters. The van der Waals surface area contributed by atoms with Crippen LogP contribution < -0.4 is 15.4 Å². The molecule has 1 aromatic carbocycles. The molecule has 10 heteroatoms. The highest BCUT2D eigenvalue weighted by Crippen LogP contribution is 2.22. The molecule has 136 valence electrons. The molecule has 0 aliphatic carbocycles. The van der Waals surface area contributed by atoms with Gasteiger partial charge < -0.3 is 15.4 Å². The van der Waals surface area contributed by atoms with E-state index in [0.29, 0.717) is 12.2 Å². The van der Waals surface area contributed by atoms with Gasteiger partial charge in [0, 0.05) is 42.5 Å². The molecule has 1 amide bonds. The summed E-state index contributed by atoms with van der Waals surface area (Å²) in [5.41, 5.74) is 2.34. The minimum atomic E-state index is -4.42. The number of aromatic nitrogens is 2. The molecule has 6 nitrogen and oxygen atoms in total. The quantitative estimate of drug-likeness (QED) is 0.766. The molecule has 0 radical (unpaired) electrons. The first-order valence-electron chi connectivity index (χ1n) is 7.30. The molecular weight excluding hydrogens is 361 g/mol. The van der Waals surface area contributed by atoms with Crippen LogP contribution in [-0.4, -0.2) is 35.4 Å². The van der Waals surface area contributed by atoms with E-state index >= 15 is 0 Å². The van der Waals surface area contributed by atoms with Crippen molar-refractivity contribution in [3.05, 3.63) is 41.2 Å². The van der Waals surface area contributed by atoms with Gasteiger partial charge >= 0.3 is 6.18 Å². The number of hydrogen-bond donors (Lipinski definition) is 3. The van der Waals surface area contributed by atoms with Gasteiger partial charge in [-0.25, -0.2) is 0 Å². The molecule has 0 fully saturated rings. The average Bonchev–Trinajstić information content (AvgIpc) is 2.97. The van der Waals surface area contributed by atoms with E-state index in [1.54, 1.807) is 6.07 Å². The lowest BCUT2D eigenvalue weighted by Gasteiger charge is -2.13. The summed E-state index contributed by atoms with van der Waals surface area (Å²) in [5.74, 6) is -0.403. The summed E-state index contributed by atoms with van der Waals surface area (Å²) in [5, 5.41) is 12.6. The van der Waals surface area contributed by atoms with Crippen molar-refractivity contribution in [2.75, 3.05) is 18.5 Å². The van der Waals surface area contributed by atoms with E-state index in [1.807, 2.05) is 0 Å². The van der Waals surface area contributed by atoms with Gasteiger partial charge in [-0.2, -0.15) is 18.3 Å². The molecule has 3 rings (SSSR count). The van der Waals surface area contributed by atoms with Gasteiger partial charge in [0.1, 0.15) is 5.75 Å². The van der Waals surface area contributed by atoms with Crippen LogP contribution in [-0.2, 0) is 13.0 Å². The van der Waals surface area contributed by atoms with E-state index in [1.165, 1.54) is 18.2 Å². The number of benzene rings is 1. The number of H-pyrrole nitrogens is 1. The second kappa shape index (κ2) is 7.75. The maximum Gasteiger partial charge on any atom is 0.422 e. The number of ether oxygens (including phenoxy) is 1. The third-order valence-corrected chi connectivity index (χ3v) is 3.52. The van der Waals surface area contributed by atoms with Crippen LogP contribution in [0.5, 0.6) is 5.75 Å². The second-order valence-electron chi connectivity index (χ2n) is 5.34. The first-order chi connectivity index (χ1) is 11.4. The van der Waals surface area contributed by atoms with Gasteiger partial charge in [-0.3, -0.25) is 9.89 Å². The molecule has 25 heavy (non-hydrogen) atoms. The highest BCUT2D eigenvalue weighted by Gasteiger charge is 2.28. The second-order valence-corrected chi connectivity index (χ2v) is 5.34. The zero-order valence-corrected chi connectivity index (χ0v) is 13.8. The normalized spacial score (nSPS) is 13.6. The molecule has 1 aliphatic rings. The topological polar surface area (TPSA) is 79.0 Å². The molecule has 0 spiro atoms. The summed E-state index contributed by atoms with van der Waals surface area (Å²) in [4.78, 5) is 12.3. The zero-order valence-electron chi connectivity index (χ0n) is 12.9. The largest absolute Gasteiger partial charge is 0.484 e. The highest BCUT2D eigenvalue weighted by atomic mass is 35.5. The summed E-state index contributed by atoms with van der Waals surface area (Å²) >= 11 is 0. The number of aromatic amines is 1. The van der Waals surface area contributed by atoms with E-state index in [0.717, 1.165) is 24.2 Å². The van der Waals surface area contributed by atoms with Crippen LogP contribution in [0.1, 0.15) is 21.7 Å². The van der Waals surface area contributed by atoms with Gasteiger partial charge in [0.25, 0.3) is 5.91 Å². The van der Waals surface area contributed by atoms with Crippen LogP contribution in [0.2, 0.25) is 0 Å². The molecule has 2 aromatic rings. The van der Waals surface area contributed by atoms with E-state index in [4.69, 9.17) is 0 Å². The van der Waals surface area contributed by atoms with Crippen molar-refractivity contribution in [1.29, 1.82) is 0 Å². The number of anilines is 1. The lowest BCUT2D eigenvalue weighted by molar-refractivity contribution is -0.153. The summed E-state index contributed by atoms with van der Waals surface area (Å²) in [6, 6.07) is 5.79. The SMILES string of the molecule is Cl.O=C(Nc1cccc(OCC(F)(F)F)c1)c1n[nH]c2c1CNCC2. The maximum absolute atomic E-state index is 12.3. The summed E-state index contributed by atoms with van der Waals surface area (Å²) < 4.78 is 41.2. The van der Waals surface area contributed by atoms with Gasteiger partial charge in [0.05, 0.1) is 0 Å². The summed E-state index contributed by atoms with van der Waals surface area (Å²) in [6.07, 6.45) is -3.66. The number of amides is 1. The van der Waals surface area contributed by atoms with Crippen molar-refractivity contribution in [2.24, 2.45) is 0 Å². The number of carbonyl (C=O) groups excluding carboxylic acids is 1. The molecular formula is C15H16ClF3N4O2. The standard InChI is InChI=1S/C15H15F3N4O2.ClH/c16-15(17,18)8-24-10-3-1-2-9(6-10)20-14(23)13-11-7-19-5-4-12(11)21-22-13;/h1-3,6,19H,4-5,7-8H2,(H,20,23)(H,21,22);1H. The van der Waals surface area contributed by atoms with E-state index < -0.39 is 18.7 Å². The lowest BCUT2D eigenvalue weighted by Crippen LogP contribution is -2.25. The fourth-order valence-electron chi connectivity index (χ4n) is 2.43. The molecule has 1 aromatic heterocycles. The third kappa shape index (κ3) is 4.86. The predicted octanol–water partition coefficient (Wildman–Crippen LogP) is 2.67. The van der Waals surface area contributed by atoms with Gasteiger partial charge in [-0.15, -0.1) is 12.4 Å². The number of halogens is 4. The Morgan fingerprint density at radius 2 is 2.16 bits per heavy atom. The Hall–Kier alpha value is -2.26. The van der Waals surface area contributed by atoms with E-state index in [2.05, 4.69) is 25.6 Å². The van der Waals surface area contributed by atoms with Crippen molar-refractivity contribution in [3.63, 3.8) is 0 Å². The number of carbonyl (C=O) groups is 1. The Kier molecular flexibility index (Phi) is 5.91. The summed E-state index contributed by atoms with van der Waals surface area (Å²) in [7, 11) is 0. The lowest BCUT2D eigenvalue weighted by atomic mass is 10.1. The summed E-state index contributed by atoms with van der Waals surface area (Å²) in [6.45, 7) is -0.0267. The minimum absolute atomic E-state index is 0. The van der Waals surface area contributed by atoms with Crippen molar-refractivity contribution >= 4 is 24.0 Å². The molecule has 3 N–H and O–H groups in total. The Morgan fingerprint density at radius 3 is 2.92 bits per heavy atom. The Labute approximate surface area is 147 Å². The molecule has 1 aliphatic heterocycles. The van der Waals surface area contributed by atoms with Crippen LogP contribution in [0.4, 0.5) is 18.9 Å². The molecule has 0 saturated heterocycles. The van der Waals surface area contributed by atoms with Crippen LogP contribution in [0.15, 0.2) is 24.3 Å². The van der Waals surface area contributed by atoms with Crippen LogP contribution in [0.25, 0.3) is 0 Å². The van der Waals surface area contributed by atoms with E-state index in [9.17, 15) is 18.0 Å². The zero-order chi connectivity index (χ0) is 17.2. The molecule has 0 atom stereocenters. The van der Waals surface area contributed by atoms with Crippen molar-refractivity contribution in [1.82, 2.24) is 15.5 Å². The molecule has 0 saturated carbocycles. The predicted molar refractivity (Wildman–Crippen MR) is 87.2 cm³/mol. The van der Waals surface area contributed by atoms with Crippen molar-refractivity contribution in [3.8, 4) is 5.75 Å². The van der Waals surface area contributed by atoms with Gasteiger partial charge in [-0.1, -0.05) is 6.07 Å². The Balaban J connectivity index is 0.00000225. The van der Waals surface area contributed by atoms with Crippen LogP contribution >= 0.6 is 12.4 Å². The van der Waals surface area contributed by atoms with Crippen molar-refractivity contribution in [2.45, 2.75) is 19.1 Å². The number of nitrogens with one attached hydrogen (secondary N) is 3. The molecule has 2 heterocycles. The fraction of sp³-hybridized carbons (Fsp3) is 0.333. The van der Waals surface area contributed by atoms with E-state index in [-0.39, 0.29) is 23.9 Å². The van der Waals surface area contributed by atoms with Gasteiger partial charge in [0.2, 0.25) is 0 Å². The van der Waals surface area contributed by atoms with Gasteiger partial charge in [0.15, 0.2) is 12.3 Å². The van der Waals surface area contributed by atoms with Crippen LogP contribution in [0.3, 0.4) is 0 Å². The first kappa shape index (κ1) is 19.1. The third-order valence-electron chi connectivity index (χ3n) is 3.52. The number of fused-ring (bicyclic) bond motifs is 1. The van der Waals surface area contributed by atoms with Crippen molar-refractivity contribution < 1.29 is 22.7 Å². The maximum atomic E-state index is 12.3. The average molecular weight is 377 g/mol. The number of alkyl halides is 3. The highest BCUT2D eigenvalue weighted by molar-refractivity contribution is 6.04. The smallest absolute Gasteiger partial charge is 0.422 e. The Morgan fingerprint density at radius 1 is 1.36 bits per heavy atom. The first-order valence-corrected chi connectivity index (χ1v) is 7.30. The monoisotopic (exact) mass is 376 g/mol.